The highest BCUT2D eigenvalue weighted by molar-refractivity contribution is 7.85. The van der Waals surface area contributed by atoms with Crippen LogP contribution in [0.4, 0.5) is 0 Å². The highest BCUT2D eigenvalue weighted by Gasteiger charge is 2.24. The summed E-state index contributed by atoms with van der Waals surface area (Å²) in [5.41, 5.74) is 0. The molecule has 0 aromatic rings. The van der Waals surface area contributed by atoms with Crippen LogP contribution in [0.25, 0.3) is 0 Å². The SMILES string of the molecule is CCCCS(=O)C1CCCC(NC)C1. The van der Waals surface area contributed by atoms with E-state index in [9.17, 15) is 4.21 Å². The monoisotopic (exact) mass is 217 g/mol. The van der Waals surface area contributed by atoms with Crippen molar-refractivity contribution in [2.75, 3.05) is 12.8 Å². The normalized spacial score (nSPS) is 30.1. The third-order valence-corrected chi connectivity index (χ3v) is 4.97. The van der Waals surface area contributed by atoms with Gasteiger partial charge in [0.1, 0.15) is 0 Å². The van der Waals surface area contributed by atoms with E-state index in [-0.39, 0.29) is 0 Å². The van der Waals surface area contributed by atoms with Crippen molar-refractivity contribution in [3.8, 4) is 0 Å². The molecule has 0 aromatic heterocycles. The van der Waals surface area contributed by atoms with Gasteiger partial charge in [0.05, 0.1) is 0 Å². The van der Waals surface area contributed by atoms with Gasteiger partial charge in [-0.2, -0.15) is 0 Å². The molecule has 1 fully saturated rings. The van der Waals surface area contributed by atoms with E-state index in [0.717, 1.165) is 25.0 Å². The largest absolute Gasteiger partial charge is 0.317 e. The summed E-state index contributed by atoms with van der Waals surface area (Å²) in [5.74, 6) is 0.914. The minimum atomic E-state index is -0.569. The summed E-state index contributed by atoms with van der Waals surface area (Å²) in [4.78, 5) is 0. The number of unbranched alkanes of at least 4 members (excludes halogenated alkanes) is 1. The van der Waals surface area contributed by atoms with Crippen LogP contribution in [-0.4, -0.2) is 28.3 Å². The van der Waals surface area contributed by atoms with Crippen molar-refractivity contribution in [2.24, 2.45) is 0 Å². The van der Waals surface area contributed by atoms with E-state index in [1.807, 2.05) is 7.05 Å². The average Bonchev–Trinajstić information content (AvgIpc) is 2.26. The van der Waals surface area contributed by atoms with Crippen LogP contribution < -0.4 is 5.32 Å². The molecule has 3 heteroatoms. The van der Waals surface area contributed by atoms with Crippen LogP contribution in [0.1, 0.15) is 45.4 Å². The van der Waals surface area contributed by atoms with Crippen molar-refractivity contribution in [1.29, 1.82) is 0 Å². The molecule has 3 atom stereocenters. The molecule has 0 amide bonds. The zero-order chi connectivity index (χ0) is 10.4. The Morgan fingerprint density at radius 3 is 2.86 bits per heavy atom. The van der Waals surface area contributed by atoms with Crippen molar-refractivity contribution in [3.05, 3.63) is 0 Å². The van der Waals surface area contributed by atoms with Crippen LogP contribution in [0.2, 0.25) is 0 Å². The molecule has 1 aliphatic rings. The van der Waals surface area contributed by atoms with Gasteiger partial charge in [-0.25, -0.2) is 0 Å². The van der Waals surface area contributed by atoms with E-state index in [0.29, 0.717) is 11.3 Å². The van der Waals surface area contributed by atoms with Crippen molar-refractivity contribution < 1.29 is 4.21 Å². The fourth-order valence-corrected chi connectivity index (χ4v) is 3.88. The smallest absolute Gasteiger partial charge is 0.0362 e. The highest BCUT2D eigenvalue weighted by atomic mass is 32.2. The second kappa shape index (κ2) is 6.57. The summed E-state index contributed by atoms with van der Waals surface area (Å²) in [6, 6.07) is 0.610. The average molecular weight is 217 g/mol. The minimum absolute atomic E-state index is 0.466. The lowest BCUT2D eigenvalue weighted by Crippen LogP contribution is -2.36. The van der Waals surface area contributed by atoms with E-state index >= 15 is 0 Å². The Morgan fingerprint density at radius 2 is 2.21 bits per heavy atom. The number of nitrogens with one attached hydrogen (secondary N) is 1. The lowest BCUT2D eigenvalue weighted by molar-refractivity contribution is 0.397. The number of hydrogen-bond acceptors (Lipinski definition) is 2. The molecule has 1 saturated carbocycles. The van der Waals surface area contributed by atoms with Crippen LogP contribution in [0, 0.1) is 0 Å². The fraction of sp³-hybridized carbons (Fsp3) is 1.00. The Hall–Kier alpha value is 0.110. The molecule has 0 bridgehead atoms. The van der Waals surface area contributed by atoms with Gasteiger partial charge in [0.25, 0.3) is 0 Å². The Morgan fingerprint density at radius 1 is 1.43 bits per heavy atom. The molecule has 1 aliphatic carbocycles. The van der Waals surface area contributed by atoms with Crippen LogP contribution in [0.15, 0.2) is 0 Å². The maximum absolute atomic E-state index is 11.9. The molecule has 0 aromatic carbocycles. The molecule has 0 saturated heterocycles. The molecular weight excluding hydrogens is 194 g/mol. The van der Waals surface area contributed by atoms with E-state index in [1.54, 1.807) is 0 Å². The summed E-state index contributed by atoms with van der Waals surface area (Å²) >= 11 is 0. The zero-order valence-electron chi connectivity index (χ0n) is 9.42. The molecular formula is C11H23NOS. The molecule has 0 radical (unpaired) electrons. The van der Waals surface area contributed by atoms with Crippen molar-refractivity contribution in [2.45, 2.75) is 56.7 Å². The van der Waals surface area contributed by atoms with Gasteiger partial charge in [-0.3, -0.25) is 4.21 Å². The first kappa shape index (κ1) is 12.2. The Kier molecular flexibility index (Phi) is 5.71. The van der Waals surface area contributed by atoms with Gasteiger partial charge < -0.3 is 5.32 Å². The predicted molar refractivity (Wildman–Crippen MR) is 63.0 cm³/mol. The van der Waals surface area contributed by atoms with Crippen LogP contribution in [0.5, 0.6) is 0 Å². The third-order valence-electron chi connectivity index (χ3n) is 3.11. The number of hydrogen-bond donors (Lipinski definition) is 1. The van der Waals surface area contributed by atoms with E-state index in [2.05, 4.69) is 12.2 Å². The maximum Gasteiger partial charge on any atom is 0.0362 e. The summed E-state index contributed by atoms with van der Waals surface area (Å²) in [6.45, 7) is 2.16. The molecule has 1 N–H and O–H groups in total. The van der Waals surface area contributed by atoms with Gasteiger partial charge in [0, 0.05) is 27.8 Å². The Labute approximate surface area is 90.3 Å². The quantitative estimate of drug-likeness (QED) is 0.764. The third kappa shape index (κ3) is 3.70. The summed E-state index contributed by atoms with van der Waals surface area (Å²) in [6.07, 6.45) is 7.08. The standard InChI is InChI=1S/C11H23NOS/c1-3-4-8-14(13)11-7-5-6-10(9-11)12-2/h10-12H,3-9H2,1-2H3. The molecule has 0 spiro atoms. The predicted octanol–water partition coefficient (Wildman–Crippen LogP) is 2.07. The molecule has 1 rings (SSSR count). The van der Waals surface area contributed by atoms with Gasteiger partial charge in [0.2, 0.25) is 0 Å². The van der Waals surface area contributed by atoms with Crippen LogP contribution in [-0.2, 0) is 10.8 Å². The maximum atomic E-state index is 11.9. The highest BCUT2D eigenvalue weighted by Crippen LogP contribution is 2.23. The van der Waals surface area contributed by atoms with Crippen molar-refractivity contribution in [1.82, 2.24) is 5.32 Å². The van der Waals surface area contributed by atoms with E-state index in [1.165, 1.54) is 19.3 Å². The second-order valence-corrected chi connectivity index (χ2v) is 6.05. The molecule has 2 nitrogen and oxygen atoms in total. The first-order valence-electron chi connectivity index (χ1n) is 5.82. The van der Waals surface area contributed by atoms with E-state index < -0.39 is 10.8 Å². The molecule has 14 heavy (non-hydrogen) atoms. The van der Waals surface area contributed by atoms with Gasteiger partial charge in [-0.05, 0) is 32.7 Å². The van der Waals surface area contributed by atoms with Gasteiger partial charge in [0.15, 0.2) is 0 Å². The lowest BCUT2D eigenvalue weighted by atomic mass is 9.95. The lowest BCUT2D eigenvalue weighted by Gasteiger charge is -2.28. The van der Waals surface area contributed by atoms with Gasteiger partial charge >= 0.3 is 0 Å². The fourth-order valence-electron chi connectivity index (χ4n) is 2.10. The number of rotatable bonds is 5. The van der Waals surface area contributed by atoms with Gasteiger partial charge in [-0.15, -0.1) is 0 Å². The molecule has 0 heterocycles. The van der Waals surface area contributed by atoms with Gasteiger partial charge in [-0.1, -0.05) is 19.8 Å². The van der Waals surface area contributed by atoms with E-state index in [4.69, 9.17) is 0 Å². The molecule has 3 unspecified atom stereocenters. The zero-order valence-corrected chi connectivity index (χ0v) is 10.2. The minimum Gasteiger partial charge on any atom is -0.317 e. The Balaban J connectivity index is 2.31. The summed E-state index contributed by atoms with van der Waals surface area (Å²) in [7, 11) is 1.45. The van der Waals surface area contributed by atoms with Crippen LogP contribution in [0.3, 0.4) is 0 Å². The van der Waals surface area contributed by atoms with Crippen molar-refractivity contribution in [3.63, 3.8) is 0 Å². The first-order valence-corrected chi connectivity index (χ1v) is 7.20. The van der Waals surface area contributed by atoms with Crippen LogP contribution >= 0.6 is 0 Å². The summed E-state index contributed by atoms with van der Waals surface area (Å²) < 4.78 is 11.9. The molecule has 0 aliphatic heterocycles. The molecule has 84 valence electrons. The second-order valence-electron chi connectivity index (χ2n) is 4.21. The Bertz CT molecular complexity index is 184. The first-order chi connectivity index (χ1) is 6.77. The topological polar surface area (TPSA) is 29.1 Å². The summed E-state index contributed by atoms with van der Waals surface area (Å²) in [5, 5.41) is 3.78. The van der Waals surface area contributed by atoms with Crippen molar-refractivity contribution >= 4 is 10.8 Å².